The fourth-order valence-corrected chi connectivity index (χ4v) is 5.84. The van der Waals surface area contributed by atoms with Crippen molar-refractivity contribution in [1.82, 2.24) is 14.8 Å². The van der Waals surface area contributed by atoms with Crippen LogP contribution < -0.4 is 10.9 Å². The van der Waals surface area contributed by atoms with Crippen molar-refractivity contribution in [3.63, 3.8) is 0 Å². The Labute approximate surface area is 226 Å². The summed E-state index contributed by atoms with van der Waals surface area (Å²) in [6, 6.07) is 14.7. The Bertz CT molecular complexity index is 1520. The number of nitrogens with zero attached hydrogens (tertiary/aromatic N) is 3. The standard InChI is InChI=1S/C30H31N5O4/c1-34-11-8-21(9-12-34)35-29(38)22-14-19-15-26(33-25(19)16-23(22)30(35)39)27-24(7-10-31-28(27)37)32-20(17-36)13-18-5-3-2-4-6-18/h2-7,10,14,16,20-21,36H,8-9,11-13,15,17H2,1H3,(H2,31,32,37)/t20-/m0/s1. The van der Waals surface area contributed by atoms with Crippen molar-refractivity contribution in [2.45, 2.75) is 37.8 Å². The van der Waals surface area contributed by atoms with E-state index in [1.807, 2.05) is 37.4 Å². The number of carbonyl (C=O) groups excluding carboxylic acids is 2. The van der Waals surface area contributed by atoms with Gasteiger partial charge in [-0.05, 0) is 68.7 Å². The van der Waals surface area contributed by atoms with Crippen molar-refractivity contribution in [1.29, 1.82) is 0 Å². The number of rotatable bonds is 7. The van der Waals surface area contributed by atoms with E-state index in [0.29, 0.717) is 46.6 Å². The average Bonchev–Trinajstić information content (AvgIpc) is 3.46. The Hall–Kier alpha value is -4.08. The van der Waals surface area contributed by atoms with E-state index >= 15 is 0 Å². The zero-order chi connectivity index (χ0) is 27.1. The van der Waals surface area contributed by atoms with Crippen LogP contribution in [0.25, 0.3) is 0 Å². The maximum absolute atomic E-state index is 13.3. The number of imide groups is 1. The molecule has 39 heavy (non-hydrogen) atoms. The Morgan fingerprint density at radius 1 is 1.05 bits per heavy atom. The van der Waals surface area contributed by atoms with Crippen molar-refractivity contribution >= 4 is 28.9 Å². The molecule has 3 aliphatic rings. The summed E-state index contributed by atoms with van der Waals surface area (Å²) in [6.07, 6.45) is 4.06. The number of aromatic amines is 1. The molecular formula is C30H31N5O4. The van der Waals surface area contributed by atoms with Gasteiger partial charge in [0.1, 0.15) is 0 Å². The van der Waals surface area contributed by atoms with Crippen LogP contribution in [0.2, 0.25) is 0 Å². The van der Waals surface area contributed by atoms with Gasteiger partial charge in [0.15, 0.2) is 0 Å². The van der Waals surface area contributed by atoms with E-state index in [4.69, 9.17) is 4.99 Å². The van der Waals surface area contributed by atoms with Crippen LogP contribution in [0.1, 0.15) is 50.2 Å². The normalized spacial score (nSPS) is 18.2. The van der Waals surface area contributed by atoms with Gasteiger partial charge in [-0.25, -0.2) is 0 Å². The van der Waals surface area contributed by atoms with Crippen molar-refractivity contribution in [2.75, 3.05) is 32.1 Å². The number of nitrogens with one attached hydrogen (secondary N) is 2. The molecule has 3 N–H and O–H groups in total. The van der Waals surface area contributed by atoms with Gasteiger partial charge in [-0.3, -0.25) is 24.3 Å². The third kappa shape index (κ3) is 4.68. The molecule has 1 aromatic heterocycles. The molecule has 200 valence electrons. The number of likely N-dealkylation sites (tertiary alicyclic amines) is 1. The SMILES string of the molecule is CN1CCC(N2C(=O)c3cc4c(cc3C2=O)N=C(c2c(N[C@H](CO)Cc3ccccc3)cc[nH]c2=O)C4)CC1. The number of pyridine rings is 1. The predicted octanol–water partition coefficient (Wildman–Crippen LogP) is 2.76. The minimum Gasteiger partial charge on any atom is -0.394 e. The number of piperidine rings is 1. The smallest absolute Gasteiger partial charge is 0.261 e. The minimum absolute atomic E-state index is 0.0885. The predicted molar refractivity (Wildman–Crippen MR) is 149 cm³/mol. The molecule has 3 aliphatic heterocycles. The van der Waals surface area contributed by atoms with Crippen LogP contribution >= 0.6 is 0 Å². The number of hydrogen-bond acceptors (Lipinski definition) is 7. The Kier molecular flexibility index (Phi) is 6.62. The Morgan fingerprint density at radius 3 is 2.49 bits per heavy atom. The first-order valence-electron chi connectivity index (χ1n) is 13.4. The van der Waals surface area contributed by atoms with Crippen molar-refractivity contribution in [3.8, 4) is 0 Å². The molecule has 1 saturated heterocycles. The highest BCUT2D eigenvalue weighted by Gasteiger charge is 2.42. The molecule has 9 nitrogen and oxygen atoms in total. The van der Waals surface area contributed by atoms with E-state index in [1.165, 1.54) is 4.90 Å². The van der Waals surface area contributed by atoms with Crippen LogP contribution in [0, 0.1) is 0 Å². The maximum atomic E-state index is 13.3. The van der Waals surface area contributed by atoms with E-state index < -0.39 is 0 Å². The molecule has 0 saturated carbocycles. The highest BCUT2D eigenvalue weighted by Crippen LogP contribution is 2.37. The summed E-state index contributed by atoms with van der Waals surface area (Å²) >= 11 is 0. The van der Waals surface area contributed by atoms with Crippen molar-refractivity contribution in [3.05, 3.63) is 92.9 Å². The number of aliphatic hydroxyl groups excluding tert-OH is 1. The number of amides is 2. The topological polar surface area (TPSA) is 118 Å². The van der Waals surface area contributed by atoms with Crippen molar-refractivity contribution in [2.24, 2.45) is 4.99 Å². The number of aliphatic imine (C=N–C) groups is 1. The van der Waals surface area contributed by atoms with Gasteiger partial charge in [-0.15, -0.1) is 0 Å². The van der Waals surface area contributed by atoms with Gasteiger partial charge in [0.2, 0.25) is 0 Å². The lowest BCUT2D eigenvalue weighted by atomic mass is 9.99. The fourth-order valence-electron chi connectivity index (χ4n) is 5.84. The zero-order valence-electron chi connectivity index (χ0n) is 21.8. The number of aromatic nitrogens is 1. The van der Waals surface area contributed by atoms with Crippen molar-refractivity contribution < 1.29 is 14.7 Å². The van der Waals surface area contributed by atoms with E-state index in [2.05, 4.69) is 15.2 Å². The lowest BCUT2D eigenvalue weighted by molar-refractivity contribution is 0.0516. The molecule has 6 rings (SSSR count). The molecule has 9 heteroatoms. The van der Waals surface area contributed by atoms with Gasteiger partial charge in [0.05, 0.1) is 46.4 Å². The maximum Gasteiger partial charge on any atom is 0.261 e. The molecule has 2 amide bonds. The summed E-state index contributed by atoms with van der Waals surface area (Å²) < 4.78 is 0. The Balaban J connectivity index is 1.27. The molecule has 2 aromatic carbocycles. The second-order valence-electron chi connectivity index (χ2n) is 10.6. The molecule has 1 atom stereocenters. The van der Waals surface area contributed by atoms with E-state index in [1.54, 1.807) is 24.4 Å². The van der Waals surface area contributed by atoms with Crippen LogP contribution in [0.15, 0.2) is 64.5 Å². The second kappa shape index (κ2) is 10.2. The van der Waals surface area contributed by atoms with Gasteiger partial charge >= 0.3 is 0 Å². The van der Waals surface area contributed by atoms with E-state index in [0.717, 1.165) is 37.1 Å². The quantitative estimate of drug-likeness (QED) is 0.409. The third-order valence-corrected chi connectivity index (χ3v) is 7.94. The fraction of sp³-hybridized carbons (Fsp3) is 0.333. The lowest BCUT2D eigenvalue weighted by Crippen LogP contribution is -2.46. The number of anilines is 1. The molecule has 0 unspecified atom stereocenters. The number of aliphatic hydroxyl groups is 1. The van der Waals surface area contributed by atoms with Gasteiger partial charge in [-0.2, -0.15) is 0 Å². The molecule has 0 radical (unpaired) electrons. The minimum atomic E-state index is -0.304. The largest absolute Gasteiger partial charge is 0.394 e. The monoisotopic (exact) mass is 525 g/mol. The second-order valence-corrected chi connectivity index (χ2v) is 10.6. The molecule has 0 aliphatic carbocycles. The Morgan fingerprint density at radius 2 is 1.77 bits per heavy atom. The summed E-state index contributed by atoms with van der Waals surface area (Å²) in [5.41, 5.74) is 4.51. The van der Waals surface area contributed by atoms with Crippen LogP contribution in [-0.4, -0.2) is 76.2 Å². The molecule has 4 heterocycles. The zero-order valence-corrected chi connectivity index (χ0v) is 21.8. The summed E-state index contributed by atoms with van der Waals surface area (Å²) in [6.45, 7) is 1.60. The highest BCUT2D eigenvalue weighted by molar-refractivity contribution is 6.22. The first-order chi connectivity index (χ1) is 18.9. The van der Waals surface area contributed by atoms with Gasteiger partial charge < -0.3 is 20.3 Å². The summed E-state index contributed by atoms with van der Waals surface area (Å²) in [4.78, 5) is 50.7. The summed E-state index contributed by atoms with van der Waals surface area (Å²) in [5.74, 6) is -0.505. The highest BCUT2D eigenvalue weighted by atomic mass is 16.3. The molecule has 1 fully saturated rings. The number of benzene rings is 2. The number of H-pyrrole nitrogens is 1. The van der Waals surface area contributed by atoms with Crippen LogP contribution in [0.3, 0.4) is 0 Å². The molecule has 3 aromatic rings. The molecule has 0 bridgehead atoms. The lowest BCUT2D eigenvalue weighted by Gasteiger charge is -2.33. The molecular weight excluding hydrogens is 494 g/mol. The molecule has 0 spiro atoms. The van der Waals surface area contributed by atoms with Crippen LogP contribution in [0.5, 0.6) is 0 Å². The average molecular weight is 526 g/mol. The van der Waals surface area contributed by atoms with E-state index in [9.17, 15) is 19.5 Å². The van der Waals surface area contributed by atoms with Crippen LogP contribution in [0.4, 0.5) is 11.4 Å². The van der Waals surface area contributed by atoms with Gasteiger partial charge in [-0.1, -0.05) is 30.3 Å². The number of carbonyl (C=O) groups is 2. The van der Waals surface area contributed by atoms with Gasteiger partial charge in [0, 0.05) is 18.7 Å². The number of fused-ring (bicyclic) bond motifs is 2. The first-order valence-corrected chi connectivity index (χ1v) is 13.4. The van der Waals surface area contributed by atoms with E-state index in [-0.39, 0.29) is 36.1 Å². The van der Waals surface area contributed by atoms with Crippen LogP contribution in [-0.2, 0) is 12.8 Å². The third-order valence-electron chi connectivity index (χ3n) is 7.94. The summed E-state index contributed by atoms with van der Waals surface area (Å²) in [7, 11) is 2.05. The van der Waals surface area contributed by atoms with Gasteiger partial charge in [0.25, 0.3) is 17.4 Å². The first kappa shape index (κ1) is 25.2. The number of hydrogen-bond donors (Lipinski definition) is 3. The summed E-state index contributed by atoms with van der Waals surface area (Å²) in [5, 5.41) is 13.4.